The first-order valence-electron chi connectivity index (χ1n) is 7.70. The van der Waals surface area contributed by atoms with E-state index in [2.05, 4.69) is 18.7 Å². The average Bonchev–Trinajstić information content (AvgIpc) is 2.39. The lowest BCUT2D eigenvalue weighted by molar-refractivity contribution is 0.0445. The number of aliphatic hydroxyl groups is 1. The summed E-state index contributed by atoms with van der Waals surface area (Å²) in [4.78, 5) is 2.62. The van der Waals surface area contributed by atoms with Crippen LogP contribution >= 0.6 is 0 Å². The van der Waals surface area contributed by atoms with Crippen LogP contribution in [0.15, 0.2) is 0 Å². The summed E-state index contributed by atoms with van der Waals surface area (Å²) in [6, 6.07) is 1.18. The number of hydrogen-bond acceptors (Lipinski definition) is 2. The van der Waals surface area contributed by atoms with Crippen LogP contribution < -0.4 is 0 Å². The van der Waals surface area contributed by atoms with Crippen molar-refractivity contribution in [3.8, 4) is 0 Å². The maximum Gasteiger partial charge on any atom is 0.0586 e. The normalized spacial score (nSPS) is 22.2. The Morgan fingerprint density at radius 3 is 2.29 bits per heavy atom. The molecular weight excluding hydrogens is 210 g/mol. The molecule has 2 nitrogen and oxygen atoms in total. The van der Waals surface area contributed by atoms with Gasteiger partial charge in [-0.25, -0.2) is 0 Å². The zero-order valence-corrected chi connectivity index (χ0v) is 11.8. The summed E-state index contributed by atoms with van der Waals surface area (Å²) in [5, 5.41) is 9.52. The van der Waals surface area contributed by atoms with Gasteiger partial charge in [-0.3, -0.25) is 4.90 Å². The molecule has 0 aromatic rings. The van der Waals surface area contributed by atoms with Gasteiger partial charge in [-0.2, -0.15) is 0 Å². The minimum Gasteiger partial charge on any atom is -0.395 e. The summed E-state index contributed by atoms with van der Waals surface area (Å²) in [5.41, 5.74) is 0. The van der Waals surface area contributed by atoms with E-state index in [-0.39, 0.29) is 0 Å². The Bertz CT molecular complexity index is 176. The van der Waals surface area contributed by atoms with Gasteiger partial charge in [0, 0.05) is 12.1 Å². The number of piperidine rings is 1. The highest BCUT2D eigenvalue weighted by molar-refractivity contribution is 4.82. The van der Waals surface area contributed by atoms with E-state index in [0.29, 0.717) is 12.6 Å². The smallest absolute Gasteiger partial charge is 0.0586 e. The number of nitrogens with zero attached hydrogens (tertiary/aromatic N) is 1. The average molecular weight is 241 g/mol. The Labute approximate surface area is 107 Å². The van der Waals surface area contributed by atoms with E-state index in [4.69, 9.17) is 0 Å². The molecule has 0 radical (unpaired) electrons. The van der Waals surface area contributed by atoms with Crippen LogP contribution in [0.4, 0.5) is 0 Å². The molecule has 0 aromatic carbocycles. The Kier molecular flexibility index (Phi) is 7.87. The molecule has 1 rings (SSSR count). The van der Waals surface area contributed by atoms with Gasteiger partial charge in [0.1, 0.15) is 0 Å². The second-order valence-electron chi connectivity index (χ2n) is 5.51. The summed E-state index contributed by atoms with van der Waals surface area (Å²) in [5.74, 6) is 0. The van der Waals surface area contributed by atoms with E-state index in [1.165, 1.54) is 64.3 Å². The Balaban J connectivity index is 2.51. The van der Waals surface area contributed by atoms with E-state index >= 15 is 0 Å². The van der Waals surface area contributed by atoms with Gasteiger partial charge in [0.2, 0.25) is 0 Å². The summed E-state index contributed by atoms with van der Waals surface area (Å²) in [7, 11) is 0. The van der Waals surface area contributed by atoms with Crippen molar-refractivity contribution >= 4 is 0 Å². The lowest BCUT2D eigenvalue weighted by Crippen LogP contribution is -2.48. The third kappa shape index (κ3) is 4.97. The number of hydrogen-bond donors (Lipinski definition) is 1. The van der Waals surface area contributed by atoms with Crippen LogP contribution in [0.25, 0.3) is 0 Å². The molecule has 0 aromatic heterocycles. The van der Waals surface area contributed by atoms with E-state index in [0.717, 1.165) is 6.04 Å². The van der Waals surface area contributed by atoms with Crippen LogP contribution in [0.1, 0.15) is 71.6 Å². The van der Waals surface area contributed by atoms with Gasteiger partial charge in [-0.1, -0.05) is 46.0 Å². The standard InChI is InChI=1S/C15H31NO/c1-3-5-9-14(10-6-4-2)16-12-8-7-11-15(16)13-17/h14-15,17H,3-13H2,1-2H3/t15-/m0/s1. The monoisotopic (exact) mass is 241 g/mol. The van der Waals surface area contributed by atoms with Crippen molar-refractivity contribution < 1.29 is 5.11 Å². The van der Waals surface area contributed by atoms with Gasteiger partial charge in [-0.05, 0) is 32.2 Å². The SMILES string of the molecule is CCCCC(CCCC)N1CCCC[C@H]1CO. The largest absolute Gasteiger partial charge is 0.395 e. The number of unbranched alkanes of at least 4 members (excludes halogenated alkanes) is 2. The lowest BCUT2D eigenvalue weighted by atomic mass is 9.95. The topological polar surface area (TPSA) is 23.5 Å². The molecular formula is C15H31NO. The first-order chi connectivity index (χ1) is 8.33. The van der Waals surface area contributed by atoms with Crippen molar-refractivity contribution in [1.82, 2.24) is 4.90 Å². The van der Waals surface area contributed by atoms with E-state index in [1.54, 1.807) is 0 Å². The Hall–Kier alpha value is -0.0800. The Morgan fingerprint density at radius 1 is 1.12 bits per heavy atom. The first kappa shape index (κ1) is 15.0. The molecule has 0 spiro atoms. The maximum absolute atomic E-state index is 9.52. The lowest BCUT2D eigenvalue weighted by Gasteiger charge is -2.40. The summed E-state index contributed by atoms with van der Waals surface area (Å²) < 4.78 is 0. The molecule has 0 saturated carbocycles. The fraction of sp³-hybridized carbons (Fsp3) is 1.00. The zero-order chi connectivity index (χ0) is 12.5. The molecule has 0 unspecified atom stereocenters. The van der Waals surface area contributed by atoms with Crippen LogP contribution in [0.5, 0.6) is 0 Å². The molecule has 1 aliphatic heterocycles. The molecule has 1 N–H and O–H groups in total. The van der Waals surface area contributed by atoms with Gasteiger partial charge in [0.25, 0.3) is 0 Å². The van der Waals surface area contributed by atoms with E-state index < -0.39 is 0 Å². The summed E-state index contributed by atoms with van der Waals surface area (Å²) in [6.07, 6.45) is 11.7. The molecule has 1 saturated heterocycles. The third-order valence-electron chi connectivity index (χ3n) is 4.13. The molecule has 17 heavy (non-hydrogen) atoms. The molecule has 1 fully saturated rings. The Morgan fingerprint density at radius 2 is 1.76 bits per heavy atom. The quantitative estimate of drug-likeness (QED) is 0.702. The van der Waals surface area contributed by atoms with Crippen LogP contribution in [-0.4, -0.2) is 35.2 Å². The molecule has 0 aliphatic carbocycles. The molecule has 1 heterocycles. The minimum atomic E-state index is 0.356. The van der Waals surface area contributed by atoms with Crippen molar-refractivity contribution in [2.24, 2.45) is 0 Å². The van der Waals surface area contributed by atoms with Crippen LogP contribution in [0.3, 0.4) is 0 Å². The number of aliphatic hydroxyl groups excluding tert-OH is 1. The number of rotatable bonds is 8. The van der Waals surface area contributed by atoms with E-state index in [9.17, 15) is 5.11 Å². The fourth-order valence-corrected chi connectivity index (χ4v) is 3.06. The highest BCUT2D eigenvalue weighted by Crippen LogP contribution is 2.24. The van der Waals surface area contributed by atoms with Gasteiger partial charge in [0.15, 0.2) is 0 Å². The second kappa shape index (κ2) is 8.93. The van der Waals surface area contributed by atoms with Gasteiger partial charge < -0.3 is 5.11 Å². The summed E-state index contributed by atoms with van der Waals surface area (Å²) >= 11 is 0. The van der Waals surface area contributed by atoms with Crippen molar-refractivity contribution in [1.29, 1.82) is 0 Å². The molecule has 2 heteroatoms. The molecule has 1 aliphatic rings. The van der Waals surface area contributed by atoms with Gasteiger partial charge >= 0.3 is 0 Å². The third-order valence-corrected chi connectivity index (χ3v) is 4.13. The highest BCUT2D eigenvalue weighted by atomic mass is 16.3. The van der Waals surface area contributed by atoms with Crippen LogP contribution in [0, 0.1) is 0 Å². The van der Waals surface area contributed by atoms with Crippen LogP contribution in [-0.2, 0) is 0 Å². The minimum absolute atomic E-state index is 0.356. The first-order valence-corrected chi connectivity index (χ1v) is 7.70. The summed E-state index contributed by atoms with van der Waals surface area (Å²) in [6.45, 7) is 6.12. The molecule has 0 bridgehead atoms. The fourth-order valence-electron chi connectivity index (χ4n) is 3.06. The van der Waals surface area contributed by atoms with E-state index in [1.807, 2.05) is 0 Å². The zero-order valence-electron chi connectivity index (χ0n) is 11.8. The predicted molar refractivity (Wildman–Crippen MR) is 74.3 cm³/mol. The number of likely N-dealkylation sites (tertiary alicyclic amines) is 1. The molecule has 102 valence electrons. The molecule has 1 atom stereocenters. The van der Waals surface area contributed by atoms with Crippen molar-refractivity contribution in [3.05, 3.63) is 0 Å². The van der Waals surface area contributed by atoms with Gasteiger partial charge in [-0.15, -0.1) is 0 Å². The van der Waals surface area contributed by atoms with Crippen molar-refractivity contribution in [2.45, 2.75) is 83.7 Å². The van der Waals surface area contributed by atoms with Crippen molar-refractivity contribution in [2.75, 3.05) is 13.2 Å². The van der Waals surface area contributed by atoms with Crippen LogP contribution in [0.2, 0.25) is 0 Å². The maximum atomic E-state index is 9.52. The van der Waals surface area contributed by atoms with Crippen molar-refractivity contribution in [3.63, 3.8) is 0 Å². The highest BCUT2D eigenvalue weighted by Gasteiger charge is 2.27. The van der Waals surface area contributed by atoms with Gasteiger partial charge in [0.05, 0.1) is 6.61 Å². The molecule has 0 amide bonds. The second-order valence-corrected chi connectivity index (χ2v) is 5.51. The predicted octanol–water partition coefficient (Wildman–Crippen LogP) is 3.58.